The summed E-state index contributed by atoms with van der Waals surface area (Å²) in [7, 11) is 1.96. The van der Waals surface area contributed by atoms with Gasteiger partial charge in [-0.2, -0.15) is 0 Å². The number of para-hydroxylation sites is 3. The van der Waals surface area contributed by atoms with Crippen LogP contribution in [0.1, 0.15) is 13.3 Å². The molecule has 2 heterocycles. The molecule has 28 heavy (non-hydrogen) atoms. The highest BCUT2D eigenvalue weighted by Gasteiger charge is 2.27. The van der Waals surface area contributed by atoms with Crippen molar-refractivity contribution in [1.29, 1.82) is 0 Å². The molecule has 148 valence electrons. The van der Waals surface area contributed by atoms with Gasteiger partial charge in [-0.3, -0.25) is 9.69 Å². The lowest BCUT2D eigenvalue weighted by Gasteiger charge is -2.30. The lowest BCUT2D eigenvalue weighted by molar-refractivity contribution is -0.119. The van der Waals surface area contributed by atoms with E-state index < -0.39 is 0 Å². The number of ether oxygens (including phenoxy) is 2. The van der Waals surface area contributed by atoms with Gasteiger partial charge < -0.3 is 14.4 Å². The van der Waals surface area contributed by atoms with Crippen LogP contribution < -0.4 is 14.4 Å². The monoisotopic (exact) mass is 398 g/mol. The molecule has 0 N–H and O–H groups in total. The Morgan fingerprint density at radius 1 is 1.18 bits per heavy atom. The first-order valence-corrected chi connectivity index (χ1v) is 10.6. The lowest BCUT2D eigenvalue weighted by atomic mass is 10.2. The number of likely N-dealkylation sites (N-methyl/N-ethyl adjacent to an activating group) is 1. The third-order valence-electron chi connectivity index (χ3n) is 5.03. The number of amides is 1. The molecule has 1 amide bonds. The zero-order valence-electron chi connectivity index (χ0n) is 16.3. The molecule has 5 nitrogen and oxygen atoms in total. The van der Waals surface area contributed by atoms with Gasteiger partial charge in [-0.1, -0.05) is 31.2 Å². The molecule has 0 radical (unpaired) electrons. The minimum Gasteiger partial charge on any atom is -0.486 e. The fourth-order valence-electron chi connectivity index (χ4n) is 3.63. The zero-order valence-corrected chi connectivity index (χ0v) is 17.2. The van der Waals surface area contributed by atoms with Gasteiger partial charge in [0.1, 0.15) is 12.7 Å². The minimum atomic E-state index is -0.0836. The second-order valence-electron chi connectivity index (χ2n) is 7.42. The van der Waals surface area contributed by atoms with E-state index in [1.54, 1.807) is 0 Å². The van der Waals surface area contributed by atoms with Crippen molar-refractivity contribution in [2.75, 3.05) is 38.2 Å². The van der Waals surface area contributed by atoms with E-state index in [9.17, 15) is 4.79 Å². The second kappa shape index (κ2) is 8.45. The minimum absolute atomic E-state index is 0.0836. The van der Waals surface area contributed by atoms with Gasteiger partial charge in [0, 0.05) is 23.2 Å². The molecule has 2 aliphatic heterocycles. The van der Waals surface area contributed by atoms with Crippen LogP contribution in [0.15, 0.2) is 53.4 Å². The van der Waals surface area contributed by atoms with Crippen molar-refractivity contribution in [2.45, 2.75) is 29.6 Å². The van der Waals surface area contributed by atoms with Gasteiger partial charge in [0.2, 0.25) is 5.91 Å². The van der Waals surface area contributed by atoms with Crippen molar-refractivity contribution in [3.8, 4) is 11.5 Å². The molecule has 0 saturated heterocycles. The fraction of sp³-hybridized carbons (Fsp3) is 0.409. The number of anilines is 1. The molecular formula is C22H26N2O3S. The summed E-state index contributed by atoms with van der Waals surface area (Å²) in [5, 5.41) is 0.504. The van der Waals surface area contributed by atoms with Crippen LogP contribution in [0.25, 0.3) is 0 Å². The molecule has 0 spiro atoms. The number of nitrogens with zero attached hydrogens (tertiary/aromatic N) is 2. The molecule has 0 aliphatic carbocycles. The summed E-state index contributed by atoms with van der Waals surface area (Å²) in [5.74, 6) is 1.68. The van der Waals surface area contributed by atoms with Crippen LogP contribution in [-0.4, -0.2) is 55.4 Å². The number of thioether (sulfide) groups is 1. The SMILES string of the molecule is CC1CCN(C(=O)CN(C)CC2COc3ccccc3O2)c2ccccc2S1. The largest absolute Gasteiger partial charge is 0.486 e. The van der Waals surface area contributed by atoms with E-state index in [1.165, 1.54) is 4.90 Å². The van der Waals surface area contributed by atoms with E-state index in [0.717, 1.165) is 30.2 Å². The Labute approximate surface area is 170 Å². The number of fused-ring (bicyclic) bond motifs is 2. The Balaban J connectivity index is 1.38. The summed E-state index contributed by atoms with van der Waals surface area (Å²) in [5.41, 5.74) is 1.03. The molecule has 2 aromatic rings. The van der Waals surface area contributed by atoms with Crippen LogP contribution in [0.3, 0.4) is 0 Å². The van der Waals surface area contributed by atoms with Crippen LogP contribution in [0.5, 0.6) is 11.5 Å². The van der Waals surface area contributed by atoms with E-state index in [1.807, 2.05) is 71.1 Å². The first-order chi connectivity index (χ1) is 13.6. The molecule has 2 aliphatic rings. The van der Waals surface area contributed by atoms with Crippen LogP contribution in [0, 0.1) is 0 Å². The van der Waals surface area contributed by atoms with Gasteiger partial charge in [0.05, 0.1) is 12.2 Å². The Kier molecular flexibility index (Phi) is 5.78. The summed E-state index contributed by atoms with van der Waals surface area (Å²) in [6.07, 6.45) is 0.908. The first kappa shape index (κ1) is 19.2. The van der Waals surface area contributed by atoms with E-state index in [0.29, 0.717) is 24.9 Å². The molecule has 6 heteroatoms. The third-order valence-corrected chi connectivity index (χ3v) is 6.27. The number of carbonyl (C=O) groups excluding carboxylic acids is 1. The highest BCUT2D eigenvalue weighted by atomic mass is 32.2. The highest BCUT2D eigenvalue weighted by molar-refractivity contribution is 8.00. The number of rotatable bonds is 4. The molecular weight excluding hydrogens is 372 g/mol. The average Bonchev–Trinajstić information content (AvgIpc) is 2.86. The van der Waals surface area contributed by atoms with Gasteiger partial charge in [-0.25, -0.2) is 0 Å². The standard InChI is InChI=1S/C22H26N2O3S/c1-16-11-12-24(18-7-3-6-10-21(18)28-16)22(25)14-23(2)13-17-15-26-19-8-4-5-9-20(19)27-17/h3-10,16-17H,11-15H2,1-2H3. The number of carbonyl (C=O) groups is 1. The Morgan fingerprint density at radius 2 is 1.93 bits per heavy atom. The predicted molar refractivity (Wildman–Crippen MR) is 113 cm³/mol. The number of hydrogen-bond donors (Lipinski definition) is 0. The third kappa shape index (κ3) is 4.28. The Hall–Kier alpha value is -2.18. The van der Waals surface area contributed by atoms with E-state index >= 15 is 0 Å². The Bertz CT molecular complexity index is 844. The first-order valence-electron chi connectivity index (χ1n) is 9.73. The maximum Gasteiger partial charge on any atom is 0.241 e. The van der Waals surface area contributed by atoms with Crippen molar-refractivity contribution in [2.24, 2.45) is 0 Å². The van der Waals surface area contributed by atoms with Gasteiger partial charge in [0.15, 0.2) is 11.5 Å². The molecule has 0 saturated carbocycles. The van der Waals surface area contributed by atoms with Crippen LogP contribution >= 0.6 is 11.8 Å². The lowest BCUT2D eigenvalue weighted by Crippen LogP contribution is -2.45. The van der Waals surface area contributed by atoms with Crippen molar-refractivity contribution in [3.63, 3.8) is 0 Å². The van der Waals surface area contributed by atoms with Crippen molar-refractivity contribution < 1.29 is 14.3 Å². The van der Waals surface area contributed by atoms with Gasteiger partial charge in [-0.15, -0.1) is 11.8 Å². The smallest absolute Gasteiger partial charge is 0.241 e. The summed E-state index contributed by atoms with van der Waals surface area (Å²) < 4.78 is 11.8. The van der Waals surface area contributed by atoms with E-state index in [4.69, 9.17) is 9.47 Å². The van der Waals surface area contributed by atoms with E-state index in [-0.39, 0.29) is 12.0 Å². The number of benzene rings is 2. The summed E-state index contributed by atoms with van der Waals surface area (Å²) in [4.78, 5) is 18.2. The van der Waals surface area contributed by atoms with Gasteiger partial charge in [0.25, 0.3) is 0 Å². The second-order valence-corrected chi connectivity index (χ2v) is 8.90. The normalized spacial score (nSPS) is 21.2. The van der Waals surface area contributed by atoms with Crippen molar-refractivity contribution in [1.82, 2.24) is 4.90 Å². The van der Waals surface area contributed by atoms with E-state index in [2.05, 4.69) is 13.0 Å². The molecule has 2 unspecified atom stereocenters. The topological polar surface area (TPSA) is 42.0 Å². The maximum atomic E-state index is 13.1. The predicted octanol–water partition coefficient (Wildman–Crippen LogP) is 3.68. The Morgan fingerprint density at radius 3 is 2.79 bits per heavy atom. The van der Waals surface area contributed by atoms with Crippen LogP contribution in [0.4, 0.5) is 5.69 Å². The van der Waals surface area contributed by atoms with Crippen molar-refractivity contribution in [3.05, 3.63) is 48.5 Å². The van der Waals surface area contributed by atoms with Gasteiger partial charge >= 0.3 is 0 Å². The summed E-state index contributed by atoms with van der Waals surface area (Å²) in [6.45, 7) is 4.47. The molecule has 2 atom stereocenters. The van der Waals surface area contributed by atoms with Crippen molar-refractivity contribution >= 4 is 23.4 Å². The molecule has 2 aromatic carbocycles. The molecule has 4 rings (SSSR count). The van der Waals surface area contributed by atoms with Crippen LogP contribution in [0.2, 0.25) is 0 Å². The molecule has 0 bridgehead atoms. The zero-order chi connectivity index (χ0) is 19.5. The molecule has 0 fully saturated rings. The summed E-state index contributed by atoms with van der Waals surface area (Å²) in [6, 6.07) is 15.9. The fourth-order valence-corrected chi connectivity index (χ4v) is 4.74. The van der Waals surface area contributed by atoms with Crippen LogP contribution in [-0.2, 0) is 4.79 Å². The average molecular weight is 399 g/mol. The van der Waals surface area contributed by atoms with Gasteiger partial charge in [-0.05, 0) is 37.7 Å². The maximum absolute atomic E-state index is 13.1. The number of hydrogen-bond acceptors (Lipinski definition) is 5. The highest BCUT2D eigenvalue weighted by Crippen LogP contribution is 2.37. The quantitative estimate of drug-likeness (QED) is 0.786. The summed E-state index contributed by atoms with van der Waals surface area (Å²) >= 11 is 1.85. The molecule has 0 aromatic heterocycles.